The van der Waals surface area contributed by atoms with Crippen LogP contribution in [0.15, 0.2) is 47.5 Å². The summed E-state index contributed by atoms with van der Waals surface area (Å²) in [6, 6.07) is 15.0. The van der Waals surface area contributed by atoms with Gasteiger partial charge in [0.1, 0.15) is 5.84 Å². The molecule has 0 bridgehead atoms. The Morgan fingerprint density at radius 1 is 0.957 bits per heavy atom. The molecule has 0 amide bonds. The Balaban J connectivity index is 1.70. The molecule has 2 aliphatic rings. The van der Waals surface area contributed by atoms with Crippen LogP contribution in [0.4, 0.5) is 5.69 Å². The second-order valence-electron chi connectivity index (χ2n) is 6.49. The van der Waals surface area contributed by atoms with Crippen molar-refractivity contribution in [2.24, 2.45) is 10.7 Å². The van der Waals surface area contributed by atoms with Gasteiger partial charge in [-0.15, -0.1) is 0 Å². The van der Waals surface area contributed by atoms with E-state index in [1.807, 2.05) is 0 Å². The van der Waals surface area contributed by atoms with E-state index in [-0.39, 0.29) is 6.04 Å². The summed E-state index contributed by atoms with van der Waals surface area (Å²) < 4.78 is 0. The molecule has 2 aromatic rings. The zero-order valence-electron chi connectivity index (χ0n) is 13.4. The first kappa shape index (κ1) is 14.5. The van der Waals surface area contributed by atoms with Crippen LogP contribution in [0.3, 0.4) is 0 Å². The van der Waals surface area contributed by atoms with Gasteiger partial charge in [-0.05, 0) is 60.4 Å². The minimum Gasteiger partial charge on any atom is -0.386 e. The average Bonchev–Trinajstić information content (AvgIpc) is 2.61. The Morgan fingerprint density at radius 2 is 1.78 bits per heavy atom. The molecular weight excluding hydrogens is 282 g/mol. The molecule has 0 spiro atoms. The van der Waals surface area contributed by atoms with Crippen molar-refractivity contribution in [3.63, 3.8) is 0 Å². The number of nitrogens with one attached hydrogen (secondary N) is 1. The molecule has 4 rings (SSSR count). The van der Waals surface area contributed by atoms with Crippen molar-refractivity contribution >= 4 is 11.5 Å². The lowest BCUT2D eigenvalue weighted by Crippen LogP contribution is -2.38. The third-order valence-electron chi connectivity index (χ3n) is 5.03. The number of amidine groups is 1. The van der Waals surface area contributed by atoms with Gasteiger partial charge in [-0.25, -0.2) is 4.99 Å². The quantitative estimate of drug-likeness (QED) is 0.659. The summed E-state index contributed by atoms with van der Waals surface area (Å²) in [4.78, 5) is 4.83. The fraction of sp³-hybridized carbons (Fsp3) is 0.350. The number of hydrogen-bond acceptors (Lipinski definition) is 2. The summed E-state index contributed by atoms with van der Waals surface area (Å²) in [6.45, 7) is 0.949. The molecular formula is C20H23N3. The summed E-state index contributed by atoms with van der Waals surface area (Å²) in [5.74, 6) is 0.677. The highest BCUT2D eigenvalue weighted by atomic mass is 15.0. The molecule has 118 valence electrons. The van der Waals surface area contributed by atoms with E-state index in [9.17, 15) is 0 Å². The Hall–Kier alpha value is -2.13. The maximum Gasteiger partial charge on any atom is 0.121 e. The lowest BCUT2D eigenvalue weighted by atomic mass is 9.90. The van der Waals surface area contributed by atoms with Crippen molar-refractivity contribution in [1.29, 1.82) is 0 Å². The molecule has 3 nitrogen and oxygen atoms in total. The smallest absolute Gasteiger partial charge is 0.121 e. The molecule has 3 N–H and O–H groups in total. The first-order valence-corrected chi connectivity index (χ1v) is 8.59. The van der Waals surface area contributed by atoms with Crippen molar-refractivity contribution < 1.29 is 0 Å². The summed E-state index contributed by atoms with van der Waals surface area (Å²) in [5.41, 5.74) is 13.0. The molecule has 1 atom stereocenters. The summed E-state index contributed by atoms with van der Waals surface area (Å²) >= 11 is 0. The minimum absolute atomic E-state index is 0.0272. The molecule has 0 fully saturated rings. The van der Waals surface area contributed by atoms with Crippen molar-refractivity contribution in [3.8, 4) is 0 Å². The Kier molecular flexibility index (Phi) is 3.88. The minimum atomic E-state index is 0.0272. The van der Waals surface area contributed by atoms with E-state index < -0.39 is 0 Å². The van der Waals surface area contributed by atoms with E-state index in [4.69, 9.17) is 10.7 Å². The van der Waals surface area contributed by atoms with Gasteiger partial charge >= 0.3 is 0 Å². The van der Waals surface area contributed by atoms with E-state index in [0.717, 1.165) is 25.1 Å². The molecule has 1 heterocycles. The monoisotopic (exact) mass is 305 g/mol. The summed E-state index contributed by atoms with van der Waals surface area (Å²) in [6.07, 6.45) is 5.89. The lowest BCUT2D eigenvalue weighted by Gasteiger charge is -2.27. The number of aliphatic imine (C=N–C) groups is 1. The van der Waals surface area contributed by atoms with Crippen LogP contribution in [-0.2, 0) is 19.3 Å². The number of hydrogen-bond donors (Lipinski definition) is 2. The molecule has 0 saturated heterocycles. The van der Waals surface area contributed by atoms with Crippen LogP contribution in [0, 0.1) is 0 Å². The standard InChI is InChI=1S/C20H23N3/c21-20(19-17-10-4-2-7-15(17)12-13-22-19)23-18-11-5-8-14-6-1-3-9-16(14)18/h2,4-5,7-8,10-11,19,22H,1,3,6,9,12-13H2,(H2,21,23). The summed E-state index contributed by atoms with van der Waals surface area (Å²) in [5, 5.41) is 3.52. The number of nitrogens with two attached hydrogens (primary N) is 1. The highest BCUT2D eigenvalue weighted by molar-refractivity contribution is 5.90. The second kappa shape index (κ2) is 6.17. The molecule has 23 heavy (non-hydrogen) atoms. The van der Waals surface area contributed by atoms with E-state index >= 15 is 0 Å². The second-order valence-corrected chi connectivity index (χ2v) is 6.49. The molecule has 3 heteroatoms. The zero-order chi connectivity index (χ0) is 15.6. The van der Waals surface area contributed by atoms with Gasteiger partial charge in [0.05, 0.1) is 11.7 Å². The zero-order valence-corrected chi connectivity index (χ0v) is 13.4. The van der Waals surface area contributed by atoms with Crippen LogP contribution in [0.2, 0.25) is 0 Å². The van der Waals surface area contributed by atoms with E-state index in [2.05, 4.69) is 47.8 Å². The number of rotatable bonds is 2. The van der Waals surface area contributed by atoms with Gasteiger partial charge in [0.25, 0.3) is 0 Å². The topological polar surface area (TPSA) is 50.4 Å². The fourth-order valence-corrected chi connectivity index (χ4v) is 3.84. The predicted octanol–water partition coefficient (Wildman–Crippen LogP) is 3.44. The predicted molar refractivity (Wildman–Crippen MR) is 95.3 cm³/mol. The fourth-order valence-electron chi connectivity index (χ4n) is 3.84. The molecule has 0 saturated carbocycles. The van der Waals surface area contributed by atoms with Crippen molar-refractivity contribution in [2.45, 2.75) is 38.1 Å². The van der Waals surface area contributed by atoms with Gasteiger partial charge < -0.3 is 11.1 Å². The third kappa shape index (κ3) is 2.77. The van der Waals surface area contributed by atoms with E-state index in [1.165, 1.54) is 41.5 Å². The van der Waals surface area contributed by atoms with Gasteiger partial charge in [-0.3, -0.25) is 0 Å². The van der Waals surface area contributed by atoms with Crippen LogP contribution in [0.5, 0.6) is 0 Å². The van der Waals surface area contributed by atoms with E-state index in [1.54, 1.807) is 0 Å². The molecule has 0 aromatic heterocycles. The number of fused-ring (bicyclic) bond motifs is 2. The molecule has 0 radical (unpaired) electrons. The van der Waals surface area contributed by atoms with Crippen LogP contribution in [0.25, 0.3) is 0 Å². The van der Waals surface area contributed by atoms with Gasteiger partial charge in [-0.2, -0.15) is 0 Å². The third-order valence-corrected chi connectivity index (χ3v) is 5.03. The SMILES string of the molecule is NC(=Nc1cccc2c1CCCC2)C1NCCc2ccccc21. The highest BCUT2D eigenvalue weighted by Crippen LogP contribution is 2.31. The van der Waals surface area contributed by atoms with Crippen LogP contribution < -0.4 is 11.1 Å². The molecule has 1 aliphatic heterocycles. The maximum absolute atomic E-state index is 6.42. The van der Waals surface area contributed by atoms with Gasteiger partial charge in [0.15, 0.2) is 0 Å². The number of benzene rings is 2. The first-order chi connectivity index (χ1) is 11.3. The molecule has 1 unspecified atom stereocenters. The molecule has 1 aliphatic carbocycles. The maximum atomic E-state index is 6.42. The van der Waals surface area contributed by atoms with Gasteiger partial charge in [-0.1, -0.05) is 36.4 Å². The van der Waals surface area contributed by atoms with Crippen molar-refractivity contribution in [2.75, 3.05) is 6.54 Å². The highest BCUT2D eigenvalue weighted by Gasteiger charge is 2.23. The number of aryl methyl sites for hydroxylation is 1. The largest absolute Gasteiger partial charge is 0.386 e. The number of nitrogens with zero attached hydrogens (tertiary/aromatic N) is 1. The van der Waals surface area contributed by atoms with Crippen LogP contribution >= 0.6 is 0 Å². The van der Waals surface area contributed by atoms with Gasteiger partial charge in [0, 0.05) is 6.54 Å². The normalized spacial score (nSPS) is 20.7. The van der Waals surface area contributed by atoms with Crippen LogP contribution in [0.1, 0.15) is 41.1 Å². The summed E-state index contributed by atoms with van der Waals surface area (Å²) in [7, 11) is 0. The molecule has 2 aromatic carbocycles. The Labute approximate surface area is 137 Å². The lowest BCUT2D eigenvalue weighted by molar-refractivity contribution is 0.600. The first-order valence-electron chi connectivity index (χ1n) is 8.59. The Morgan fingerprint density at radius 3 is 2.74 bits per heavy atom. The van der Waals surface area contributed by atoms with Gasteiger partial charge in [0.2, 0.25) is 0 Å². The van der Waals surface area contributed by atoms with E-state index in [0.29, 0.717) is 5.84 Å². The van der Waals surface area contributed by atoms with Crippen molar-refractivity contribution in [1.82, 2.24) is 5.32 Å². The average molecular weight is 305 g/mol. The Bertz CT molecular complexity index is 748. The van der Waals surface area contributed by atoms with Crippen molar-refractivity contribution in [3.05, 3.63) is 64.7 Å². The van der Waals surface area contributed by atoms with Crippen LogP contribution in [-0.4, -0.2) is 12.4 Å².